The first-order chi connectivity index (χ1) is 8.24. The van der Waals surface area contributed by atoms with Gasteiger partial charge in [0.25, 0.3) is 0 Å². The van der Waals surface area contributed by atoms with Gasteiger partial charge in [-0.3, -0.25) is 4.68 Å². The Morgan fingerprint density at radius 2 is 2.18 bits per heavy atom. The van der Waals surface area contributed by atoms with E-state index < -0.39 is 0 Å². The van der Waals surface area contributed by atoms with Gasteiger partial charge in [0.1, 0.15) is 0 Å². The SMILES string of the molecule is CCc1cc(CC)n(CCN2CCNC2=O)n1. The second-order valence-electron chi connectivity index (χ2n) is 4.28. The van der Waals surface area contributed by atoms with Crippen molar-refractivity contribution >= 4 is 6.03 Å². The highest BCUT2D eigenvalue weighted by molar-refractivity contribution is 5.76. The van der Waals surface area contributed by atoms with Crippen molar-refractivity contribution in [3.8, 4) is 0 Å². The van der Waals surface area contributed by atoms with Crippen LogP contribution in [0.3, 0.4) is 0 Å². The van der Waals surface area contributed by atoms with E-state index in [0.29, 0.717) is 0 Å². The van der Waals surface area contributed by atoms with Crippen molar-refractivity contribution in [2.75, 3.05) is 19.6 Å². The molecule has 1 aromatic rings. The van der Waals surface area contributed by atoms with Gasteiger partial charge in [-0.2, -0.15) is 5.10 Å². The number of hydrogen-bond donors (Lipinski definition) is 1. The van der Waals surface area contributed by atoms with Crippen molar-refractivity contribution in [2.24, 2.45) is 0 Å². The molecule has 5 heteroatoms. The molecule has 1 aliphatic heterocycles. The summed E-state index contributed by atoms with van der Waals surface area (Å²) in [6.07, 6.45) is 1.95. The van der Waals surface area contributed by atoms with Crippen LogP contribution in [0.5, 0.6) is 0 Å². The second kappa shape index (κ2) is 5.21. The van der Waals surface area contributed by atoms with Crippen LogP contribution in [0.25, 0.3) is 0 Å². The Morgan fingerprint density at radius 1 is 1.35 bits per heavy atom. The smallest absolute Gasteiger partial charge is 0.317 e. The maximum Gasteiger partial charge on any atom is 0.317 e. The van der Waals surface area contributed by atoms with E-state index in [-0.39, 0.29) is 6.03 Å². The van der Waals surface area contributed by atoms with Crippen molar-refractivity contribution < 1.29 is 4.79 Å². The fraction of sp³-hybridized carbons (Fsp3) is 0.667. The molecule has 0 atom stereocenters. The number of aryl methyl sites for hydroxylation is 2. The Labute approximate surface area is 102 Å². The molecular weight excluding hydrogens is 216 g/mol. The minimum absolute atomic E-state index is 0.0471. The van der Waals surface area contributed by atoms with Crippen molar-refractivity contribution in [2.45, 2.75) is 33.2 Å². The van der Waals surface area contributed by atoms with Crippen molar-refractivity contribution in [1.82, 2.24) is 20.0 Å². The first-order valence-electron chi connectivity index (χ1n) is 6.33. The van der Waals surface area contributed by atoms with Gasteiger partial charge in [0.2, 0.25) is 0 Å². The van der Waals surface area contributed by atoms with Crippen LogP contribution in [-0.4, -0.2) is 40.3 Å². The number of aromatic nitrogens is 2. The first kappa shape index (κ1) is 12.0. The lowest BCUT2D eigenvalue weighted by Crippen LogP contribution is -2.31. The predicted octanol–water partition coefficient (Wildman–Crippen LogP) is 1.03. The van der Waals surface area contributed by atoms with E-state index in [0.717, 1.165) is 44.7 Å². The summed E-state index contributed by atoms with van der Waals surface area (Å²) in [6, 6.07) is 2.20. The van der Waals surface area contributed by atoms with Crippen LogP contribution < -0.4 is 5.32 Å². The number of rotatable bonds is 5. The lowest BCUT2D eigenvalue weighted by molar-refractivity contribution is 0.214. The largest absolute Gasteiger partial charge is 0.336 e. The first-order valence-corrected chi connectivity index (χ1v) is 6.33. The van der Waals surface area contributed by atoms with Crippen molar-refractivity contribution in [1.29, 1.82) is 0 Å². The number of nitrogens with one attached hydrogen (secondary N) is 1. The standard InChI is InChI=1S/C12H20N4O/c1-3-10-9-11(4-2)16(14-10)8-7-15-6-5-13-12(15)17/h9H,3-8H2,1-2H3,(H,13,17). The van der Waals surface area contributed by atoms with Crippen molar-refractivity contribution in [3.63, 3.8) is 0 Å². The van der Waals surface area contributed by atoms with Gasteiger partial charge in [-0.05, 0) is 18.9 Å². The summed E-state index contributed by atoms with van der Waals surface area (Å²) >= 11 is 0. The highest BCUT2D eigenvalue weighted by Crippen LogP contribution is 2.07. The van der Waals surface area contributed by atoms with Crippen LogP contribution in [0.1, 0.15) is 25.2 Å². The summed E-state index contributed by atoms with van der Waals surface area (Å²) in [7, 11) is 0. The van der Waals surface area contributed by atoms with Gasteiger partial charge in [-0.1, -0.05) is 13.8 Å². The van der Waals surface area contributed by atoms with Crippen LogP contribution in [0.4, 0.5) is 4.79 Å². The van der Waals surface area contributed by atoms with Gasteiger partial charge < -0.3 is 10.2 Å². The molecule has 2 rings (SSSR count). The lowest BCUT2D eigenvalue weighted by atomic mass is 10.2. The highest BCUT2D eigenvalue weighted by Gasteiger charge is 2.19. The van der Waals surface area contributed by atoms with Crippen molar-refractivity contribution in [3.05, 3.63) is 17.5 Å². The van der Waals surface area contributed by atoms with Crippen LogP contribution in [0, 0.1) is 0 Å². The topological polar surface area (TPSA) is 50.2 Å². The molecule has 2 heterocycles. The number of carbonyl (C=O) groups is 1. The van der Waals surface area contributed by atoms with Crippen LogP contribution in [-0.2, 0) is 19.4 Å². The van der Waals surface area contributed by atoms with E-state index in [1.54, 1.807) is 0 Å². The molecule has 0 radical (unpaired) electrons. The monoisotopic (exact) mass is 236 g/mol. The molecule has 17 heavy (non-hydrogen) atoms. The molecule has 0 aromatic carbocycles. The molecule has 0 aliphatic carbocycles. The minimum Gasteiger partial charge on any atom is -0.336 e. The molecule has 0 spiro atoms. The molecular formula is C12H20N4O. The molecule has 1 fully saturated rings. The fourth-order valence-electron chi connectivity index (χ4n) is 2.11. The third kappa shape index (κ3) is 2.60. The Kier molecular flexibility index (Phi) is 3.66. The Balaban J connectivity index is 1.97. The predicted molar refractivity (Wildman–Crippen MR) is 66.0 cm³/mol. The summed E-state index contributed by atoms with van der Waals surface area (Å²) in [5.41, 5.74) is 2.38. The van der Waals surface area contributed by atoms with E-state index >= 15 is 0 Å². The zero-order valence-corrected chi connectivity index (χ0v) is 10.6. The molecule has 5 nitrogen and oxygen atoms in total. The third-order valence-electron chi connectivity index (χ3n) is 3.17. The normalized spacial score (nSPS) is 15.4. The summed E-state index contributed by atoms with van der Waals surface area (Å²) in [6.45, 7) is 7.34. The third-order valence-corrected chi connectivity index (χ3v) is 3.17. The maximum atomic E-state index is 11.4. The summed E-state index contributed by atoms with van der Waals surface area (Å²) in [5, 5.41) is 7.35. The molecule has 2 amide bonds. The van der Waals surface area contributed by atoms with Gasteiger partial charge >= 0.3 is 6.03 Å². The van der Waals surface area contributed by atoms with Gasteiger partial charge in [0.15, 0.2) is 0 Å². The average Bonchev–Trinajstić information content (AvgIpc) is 2.92. The van der Waals surface area contributed by atoms with Gasteiger partial charge in [0, 0.05) is 25.3 Å². The number of hydrogen-bond acceptors (Lipinski definition) is 2. The van der Waals surface area contributed by atoms with E-state index in [1.807, 2.05) is 9.58 Å². The molecule has 1 aliphatic rings. The Morgan fingerprint density at radius 3 is 2.76 bits per heavy atom. The van der Waals surface area contributed by atoms with Crippen LogP contribution in [0.15, 0.2) is 6.07 Å². The molecule has 0 bridgehead atoms. The fourth-order valence-corrected chi connectivity index (χ4v) is 2.11. The molecule has 0 unspecified atom stereocenters. The molecule has 0 saturated carbocycles. The maximum absolute atomic E-state index is 11.4. The Hall–Kier alpha value is -1.52. The van der Waals surface area contributed by atoms with Crippen LogP contribution in [0.2, 0.25) is 0 Å². The average molecular weight is 236 g/mol. The van der Waals surface area contributed by atoms with E-state index in [1.165, 1.54) is 5.69 Å². The summed E-state index contributed by atoms with van der Waals surface area (Å²) in [4.78, 5) is 13.2. The Bertz CT molecular complexity index is 399. The van der Waals surface area contributed by atoms with E-state index in [4.69, 9.17) is 0 Å². The summed E-state index contributed by atoms with van der Waals surface area (Å²) in [5.74, 6) is 0. The van der Waals surface area contributed by atoms with E-state index in [9.17, 15) is 4.79 Å². The number of amides is 2. The van der Waals surface area contributed by atoms with Gasteiger partial charge in [0.05, 0.1) is 12.2 Å². The van der Waals surface area contributed by atoms with Gasteiger partial charge in [-0.25, -0.2) is 4.79 Å². The molecule has 1 saturated heterocycles. The number of carbonyl (C=O) groups excluding carboxylic acids is 1. The van der Waals surface area contributed by atoms with E-state index in [2.05, 4.69) is 30.3 Å². The lowest BCUT2D eigenvalue weighted by Gasteiger charge is -2.14. The number of urea groups is 1. The van der Waals surface area contributed by atoms with Gasteiger partial charge in [-0.15, -0.1) is 0 Å². The summed E-state index contributed by atoms with van der Waals surface area (Å²) < 4.78 is 2.03. The zero-order valence-electron chi connectivity index (χ0n) is 10.6. The molecule has 94 valence electrons. The highest BCUT2D eigenvalue weighted by atomic mass is 16.2. The minimum atomic E-state index is 0.0471. The van der Waals surface area contributed by atoms with Crippen LogP contribution >= 0.6 is 0 Å². The molecule has 1 aromatic heterocycles. The quantitative estimate of drug-likeness (QED) is 0.830. The second-order valence-corrected chi connectivity index (χ2v) is 4.28. The number of nitrogens with zero attached hydrogens (tertiary/aromatic N) is 3. The molecule has 1 N–H and O–H groups in total. The zero-order chi connectivity index (χ0) is 12.3.